The van der Waals surface area contributed by atoms with Crippen LogP contribution in [-0.4, -0.2) is 0 Å². The zero-order valence-electron chi connectivity index (χ0n) is 10.2. The van der Waals surface area contributed by atoms with Gasteiger partial charge in [0.25, 0.3) is 0 Å². The highest BCUT2D eigenvalue weighted by Crippen LogP contribution is 2.17. The molecule has 2 rings (SSSR count). The van der Waals surface area contributed by atoms with Crippen molar-refractivity contribution in [1.29, 1.82) is 0 Å². The predicted octanol–water partition coefficient (Wildman–Crippen LogP) is 4.76. The summed E-state index contributed by atoms with van der Waals surface area (Å²) in [5.41, 5.74) is 2.97. The quantitative estimate of drug-likeness (QED) is 0.858. The van der Waals surface area contributed by atoms with Gasteiger partial charge < -0.3 is 5.32 Å². The highest BCUT2D eigenvalue weighted by atomic mass is 79.9. The highest BCUT2D eigenvalue weighted by molar-refractivity contribution is 9.10. The van der Waals surface area contributed by atoms with Crippen molar-refractivity contribution in [2.24, 2.45) is 0 Å². The zero-order chi connectivity index (χ0) is 13.0. The summed E-state index contributed by atoms with van der Waals surface area (Å²) in [6.07, 6.45) is 1.00. The summed E-state index contributed by atoms with van der Waals surface area (Å²) in [7, 11) is 0. The lowest BCUT2D eigenvalue weighted by atomic mass is 10.1. The molecule has 0 radical (unpaired) electrons. The molecule has 1 nitrogen and oxygen atoms in total. The van der Waals surface area contributed by atoms with E-state index in [9.17, 15) is 4.39 Å². The molecule has 0 fully saturated rings. The monoisotopic (exact) mass is 307 g/mol. The first-order chi connectivity index (χ1) is 8.69. The lowest BCUT2D eigenvalue weighted by molar-refractivity contribution is 0.612. The Bertz CT molecular complexity index is 540. The summed E-state index contributed by atoms with van der Waals surface area (Å²) in [5, 5.41) is 3.24. The van der Waals surface area contributed by atoms with E-state index in [0.717, 1.165) is 16.6 Å². The summed E-state index contributed by atoms with van der Waals surface area (Å²) in [6, 6.07) is 13.3. The van der Waals surface area contributed by atoms with Crippen LogP contribution in [0.3, 0.4) is 0 Å². The van der Waals surface area contributed by atoms with E-state index in [1.54, 1.807) is 6.07 Å². The Kier molecular flexibility index (Phi) is 4.37. The fourth-order valence-corrected chi connectivity index (χ4v) is 2.10. The number of anilines is 1. The molecule has 0 aliphatic carbocycles. The van der Waals surface area contributed by atoms with Crippen molar-refractivity contribution in [2.75, 3.05) is 5.32 Å². The summed E-state index contributed by atoms with van der Waals surface area (Å²) in [4.78, 5) is 0. The third-order valence-electron chi connectivity index (χ3n) is 2.83. The maximum atomic E-state index is 13.6. The molecule has 0 unspecified atom stereocenters. The van der Waals surface area contributed by atoms with Crippen LogP contribution in [0.5, 0.6) is 0 Å². The van der Waals surface area contributed by atoms with E-state index in [4.69, 9.17) is 0 Å². The van der Waals surface area contributed by atoms with Crippen LogP contribution < -0.4 is 5.32 Å². The summed E-state index contributed by atoms with van der Waals surface area (Å²) in [5.74, 6) is -0.191. The number of hydrogen-bond donors (Lipinski definition) is 1. The molecule has 0 heterocycles. The average Bonchev–Trinajstić information content (AvgIpc) is 2.38. The van der Waals surface area contributed by atoms with Crippen molar-refractivity contribution in [3.8, 4) is 0 Å². The normalized spacial score (nSPS) is 10.4. The van der Waals surface area contributed by atoms with Gasteiger partial charge in [0.15, 0.2) is 0 Å². The largest absolute Gasteiger partial charge is 0.381 e. The Hall–Kier alpha value is -1.35. The Morgan fingerprint density at radius 2 is 2.00 bits per heavy atom. The molecule has 1 N–H and O–H groups in total. The second kappa shape index (κ2) is 6.01. The zero-order valence-corrected chi connectivity index (χ0v) is 11.8. The Labute approximate surface area is 115 Å². The Balaban J connectivity index is 2.06. The van der Waals surface area contributed by atoms with Gasteiger partial charge >= 0.3 is 0 Å². The van der Waals surface area contributed by atoms with Crippen LogP contribution in [0, 0.1) is 5.82 Å². The summed E-state index contributed by atoms with van der Waals surface area (Å²) >= 11 is 3.25. The number of hydrogen-bond acceptors (Lipinski definition) is 1. The van der Waals surface area contributed by atoms with E-state index in [1.165, 1.54) is 11.6 Å². The van der Waals surface area contributed by atoms with E-state index in [1.807, 2.05) is 18.2 Å². The van der Waals surface area contributed by atoms with Crippen LogP contribution in [0.15, 0.2) is 46.9 Å². The molecule has 0 aliphatic heterocycles. The van der Waals surface area contributed by atoms with E-state index >= 15 is 0 Å². The first kappa shape index (κ1) is 13.1. The maximum absolute atomic E-state index is 13.6. The van der Waals surface area contributed by atoms with Crippen molar-refractivity contribution >= 4 is 21.6 Å². The molecule has 0 spiro atoms. The number of nitrogens with one attached hydrogen (secondary N) is 1. The molecule has 0 aliphatic rings. The summed E-state index contributed by atoms with van der Waals surface area (Å²) < 4.78 is 14.4. The van der Waals surface area contributed by atoms with Crippen molar-refractivity contribution in [2.45, 2.75) is 19.9 Å². The second-order valence-corrected chi connectivity index (χ2v) is 5.06. The number of halogens is 2. The average molecular weight is 308 g/mol. The van der Waals surface area contributed by atoms with Crippen LogP contribution in [-0.2, 0) is 13.0 Å². The predicted molar refractivity (Wildman–Crippen MR) is 77.2 cm³/mol. The fourth-order valence-electron chi connectivity index (χ4n) is 1.76. The van der Waals surface area contributed by atoms with Gasteiger partial charge in [0.05, 0.1) is 0 Å². The lowest BCUT2D eigenvalue weighted by Crippen LogP contribution is -2.02. The standard InChI is InChI=1S/C15H15BrFN/c1-2-11-4-3-5-14(8-11)18-10-12-6-7-13(16)9-15(12)17/h3-9,18H,2,10H2,1H3. The van der Waals surface area contributed by atoms with Crippen molar-refractivity contribution < 1.29 is 4.39 Å². The summed E-state index contributed by atoms with van der Waals surface area (Å²) in [6.45, 7) is 2.61. The first-order valence-corrected chi connectivity index (χ1v) is 6.75. The first-order valence-electron chi connectivity index (χ1n) is 5.96. The molecular formula is C15H15BrFN. The molecule has 0 bridgehead atoms. The van der Waals surface area contributed by atoms with Crippen molar-refractivity contribution in [1.82, 2.24) is 0 Å². The lowest BCUT2D eigenvalue weighted by Gasteiger charge is -2.09. The van der Waals surface area contributed by atoms with Gasteiger partial charge in [-0.3, -0.25) is 0 Å². The number of aryl methyl sites for hydroxylation is 1. The van der Waals surface area contributed by atoms with E-state index in [0.29, 0.717) is 12.1 Å². The molecule has 3 heteroatoms. The highest BCUT2D eigenvalue weighted by Gasteiger charge is 2.02. The molecule has 0 atom stereocenters. The van der Waals surface area contributed by atoms with Gasteiger partial charge in [0.1, 0.15) is 5.82 Å². The molecule has 18 heavy (non-hydrogen) atoms. The Morgan fingerprint density at radius 1 is 1.17 bits per heavy atom. The SMILES string of the molecule is CCc1cccc(NCc2ccc(Br)cc2F)c1. The van der Waals surface area contributed by atoms with Crippen molar-refractivity contribution in [3.63, 3.8) is 0 Å². The molecule has 2 aromatic carbocycles. The van der Waals surface area contributed by atoms with Crippen LogP contribution in [0.25, 0.3) is 0 Å². The molecule has 94 valence electrons. The third-order valence-corrected chi connectivity index (χ3v) is 3.33. The van der Waals surface area contributed by atoms with Gasteiger partial charge in [-0.1, -0.05) is 41.1 Å². The minimum absolute atomic E-state index is 0.191. The number of benzene rings is 2. The van der Waals surface area contributed by atoms with Crippen LogP contribution in [0.1, 0.15) is 18.1 Å². The number of rotatable bonds is 4. The van der Waals surface area contributed by atoms with Crippen LogP contribution in [0.4, 0.5) is 10.1 Å². The van der Waals surface area contributed by atoms with Crippen molar-refractivity contribution in [3.05, 3.63) is 63.9 Å². The molecule has 0 saturated carbocycles. The van der Waals surface area contributed by atoms with Gasteiger partial charge in [-0.2, -0.15) is 0 Å². The van der Waals surface area contributed by atoms with Gasteiger partial charge in [-0.05, 0) is 36.2 Å². The van der Waals surface area contributed by atoms with E-state index in [2.05, 4.69) is 40.3 Å². The minimum atomic E-state index is -0.191. The maximum Gasteiger partial charge on any atom is 0.129 e. The molecular weight excluding hydrogens is 293 g/mol. The van der Waals surface area contributed by atoms with E-state index in [-0.39, 0.29) is 5.82 Å². The molecule has 0 aromatic heterocycles. The second-order valence-electron chi connectivity index (χ2n) is 4.14. The molecule has 0 amide bonds. The van der Waals surface area contributed by atoms with Crippen LogP contribution >= 0.6 is 15.9 Å². The van der Waals surface area contributed by atoms with Gasteiger partial charge in [-0.15, -0.1) is 0 Å². The molecule has 2 aromatic rings. The smallest absolute Gasteiger partial charge is 0.129 e. The van der Waals surface area contributed by atoms with E-state index < -0.39 is 0 Å². The molecule has 0 saturated heterocycles. The fraction of sp³-hybridized carbons (Fsp3) is 0.200. The van der Waals surface area contributed by atoms with Gasteiger partial charge in [-0.25, -0.2) is 4.39 Å². The third kappa shape index (κ3) is 3.33. The van der Waals surface area contributed by atoms with Gasteiger partial charge in [0, 0.05) is 22.3 Å². The Morgan fingerprint density at radius 3 is 2.72 bits per heavy atom. The van der Waals surface area contributed by atoms with Gasteiger partial charge in [0.2, 0.25) is 0 Å². The topological polar surface area (TPSA) is 12.0 Å². The van der Waals surface area contributed by atoms with Crippen LogP contribution in [0.2, 0.25) is 0 Å². The minimum Gasteiger partial charge on any atom is -0.381 e.